The summed E-state index contributed by atoms with van der Waals surface area (Å²) in [5, 5.41) is 14.9. The lowest BCUT2D eigenvalue weighted by Crippen LogP contribution is -2.33. The standard InChI is InChI=1S/C17H17N5O2S/c23-8-7-22(12-15-18-6-9-25-15)16(24)13-10-19-17(20-11-13)21-14-4-2-1-3-5-14/h1-6,9-11,23H,7-8,12H2,(H,19,20,21). The molecule has 0 radical (unpaired) electrons. The zero-order valence-corrected chi connectivity index (χ0v) is 14.2. The maximum atomic E-state index is 12.6. The predicted octanol–water partition coefficient (Wildman–Crippen LogP) is 2.31. The van der Waals surface area contributed by atoms with E-state index in [1.807, 2.05) is 35.7 Å². The van der Waals surface area contributed by atoms with Crippen LogP contribution in [0.15, 0.2) is 54.3 Å². The molecule has 128 valence electrons. The fourth-order valence-corrected chi connectivity index (χ4v) is 2.83. The second-order valence-corrected chi connectivity index (χ2v) is 6.14. The van der Waals surface area contributed by atoms with Gasteiger partial charge in [-0.15, -0.1) is 11.3 Å². The molecule has 0 saturated carbocycles. The normalized spacial score (nSPS) is 10.4. The molecule has 0 atom stereocenters. The fourth-order valence-electron chi connectivity index (χ4n) is 2.20. The molecule has 3 rings (SSSR count). The summed E-state index contributed by atoms with van der Waals surface area (Å²) in [5.41, 5.74) is 1.23. The van der Waals surface area contributed by atoms with Crippen molar-refractivity contribution in [3.05, 3.63) is 64.9 Å². The van der Waals surface area contributed by atoms with E-state index < -0.39 is 0 Å². The van der Waals surface area contributed by atoms with E-state index in [0.717, 1.165) is 10.7 Å². The van der Waals surface area contributed by atoms with Crippen LogP contribution in [0.5, 0.6) is 0 Å². The van der Waals surface area contributed by atoms with E-state index in [9.17, 15) is 9.90 Å². The van der Waals surface area contributed by atoms with E-state index in [-0.39, 0.29) is 19.1 Å². The summed E-state index contributed by atoms with van der Waals surface area (Å²) in [6.07, 6.45) is 4.65. The Morgan fingerprint density at radius 2 is 1.92 bits per heavy atom. The Balaban J connectivity index is 1.69. The molecular formula is C17H17N5O2S. The summed E-state index contributed by atoms with van der Waals surface area (Å²) in [6.45, 7) is 0.453. The molecular weight excluding hydrogens is 338 g/mol. The zero-order valence-electron chi connectivity index (χ0n) is 13.4. The van der Waals surface area contributed by atoms with E-state index in [4.69, 9.17) is 0 Å². The van der Waals surface area contributed by atoms with Gasteiger partial charge in [0.25, 0.3) is 5.91 Å². The van der Waals surface area contributed by atoms with Crippen LogP contribution in [-0.4, -0.2) is 44.0 Å². The van der Waals surface area contributed by atoms with Gasteiger partial charge in [0.15, 0.2) is 0 Å². The highest BCUT2D eigenvalue weighted by Crippen LogP contribution is 2.14. The van der Waals surface area contributed by atoms with Crippen molar-refractivity contribution in [2.45, 2.75) is 6.54 Å². The first-order valence-corrected chi connectivity index (χ1v) is 8.57. The molecule has 0 unspecified atom stereocenters. The SMILES string of the molecule is O=C(c1cnc(Nc2ccccc2)nc1)N(CCO)Cc1nccs1. The first-order valence-electron chi connectivity index (χ1n) is 7.69. The summed E-state index contributed by atoms with van der Waals surface area (Å²) in [5.74, 6) is 0.173. The van der Waals surface area contributed by atoms with Crippen LogP contribution in [0.1, 0.15) is 15.4 Å². The van der Waals surface area contributed by atoms with Crippen molar-refractivity contribution in [2.75, 3.05) is 18.5 Å². The molecule has 2 N–H and O–H groups in total. The van der Waals surface area contributed by atoms with Crippen molar-refractivity contribution in [3.8, 4) is 0 Å². The lowest BCUT2D eigenvalue weighted by molar-refractivity contribution is 0.0707. The minimum absolute atomic E-state index is 0.119. The summed E-state index contributed by atoms with van der Waals surface area (Å²) >= 11 is 1.47. The number of nitrogens with zero attached hydrogens (tertiary/aromatic N) is 4. The third-order valence-electron chi connectivity index (χ3n) is 3.40. The fraction of sp³-hybridized carbons (Fsp3) is 0.176. The molecule has 0 saturated heterocycles. The highest BCUT2D eigenvalue weighted by atomic mass is 32.1. The molecule has 0 aliphatic carbocycles. The van der Waals surface area contributed by atoms with Gasteiger partial charge in [-0.1, -0.05) is 18.2 Å². The molecule has 8 heteroatoms. The van der Waals surface area contributed by atoms with E-state index in [1.54, 1.807) is 6.20 Å². The molecule has 0 spiro atoms. The Morgan fingerprint density at radius 1 is 1.16 bits per heavy atom. The first kappa shape index (κ1) is 17.0. The van der Waals surface area contributed by atoms with Gasteiger partial charge in [-0.25, -0.2) is 15.0 Å². The molecule has 2 aromatic heterocycles. The highest BCUT2D eigenvalue weighted by molar-refractivity contribution is 7.09. The van der Waals surface area contributed by atoms with Gasteiger partial charge in [0.2, 0.25) is 5.95 Å². The Morgan fingerprint density at radius 3 is 2.56 bits per heavy atom. The third-order valence-corrected chi connectivity index (χ3v) is 4.16. The van der Waals surface area contributed by atoms with Gasteiger partial charge in [0, 0.05) is 36.2 Å². The second kappa shape index (κ2) is 8.32. The van der Waals surface area contributed by atoms with Crippen LogP contribution in [-0.2, 0) is 6.54 Å². The number of anilines is 2. The molecule has 1 aromatic carbocycles. The topological polar surface area (TPSA) is 91.2 Å². The van der Waals surface area contributed by atoms with Crippen molar-refractivity contribution < 1.29 is 9.90 Å². The Bertz CT molecular complexity index is 794. The predicted molar refractivity (Wildman–Crippen MR) is 95.7 cm³/mol. The quantitative estimate of drug-likeness (QED) is 0.676. The van der Waals surface area contributed by atoms with E-state index in [2.05, 4.69) is 20.3 Å². The van der Waals surface area contributed by atoms with Crippen molar-refractivity contribution in [1.82, 2.24) is 19.9 Å². The largest absolute Gasteiger partial charge is 0.395 e. The number of thiazole rings is 1. The Hall–Kier alpha value is -2.84. The van der Waals surface area contributed by atoms with Crippen LogP contribution in [0.4, 0.5) is 11.6 Å². The number of para-hydroxylation sites is 1. The van der Waals surface area contributed by atoms with Crippen LogP contribution in [0.3, 0.4) is 0 Å². The van der Waals surface area contributed by atoms with Crippen molar-refractivity contribution in [1.29, 1.82) is 0 Å². The molecule has 0 aliphatic rings. The number of hydrogen-bond donors (Lipinski definition) is 2. The summed E-state index contributed by atoms with van der Waals surface area (Å²) in [7, 11) is 0. The maximum Gasteiger partial charge on any atom is 0.257 e. The minimum Gasteiger partial charge on any atom is -0.395 e. The van der Waals surface area contributed by atoms with Gasteiger partial charge in [-0.3, -0.25) is 4.79 Å². The molecule has 3 aromatic rings. The lowest BCUT2D eigenvalue weighted by atomic mass is 10.3. The molecule has 25 heavy (non-hydrogen) atoms. The summed E-state index contributed by atoms with van der Waals surface area (Å²) in [6, 6.07) is 9.54. The number of aliphatic hydroxyl groups is 1. The van der Waals surface area contributed by atoms with Crippen LogP contribution in [0.25, 0.3) is 0 Å². The van der Waals surface area contributed by atoms with Gasteiger partial charge in [-0.05, 0) is 12.1 Å². The number of aliphatic hydroxyl groups excluding tert-OH is 1. The Kier molecular flexibility index (Phi) is 5.65. The van der Waals surface area contributed by atoms with Crippen molar-refractivity contribution >= 4 is 28.9 Å². The van der Waals surface area contributed by atoms with Crippen molar-refractivity contribution in [3.63, 3.8) is 0 Å². The molecule has 7 nitrogen and oxygen atoms in total. The van der Waals surface area contributed by atoms with Crippen LogP contribution in [0, 0.1) is 0 Å². The number of nitrogens with one attached hydrogen (secondary N) is 1. The number of hydrogen-bond acceptors (Lipinski definition) is 7. The average molecular weight is 355 g/mol. The molecule has 0 bridgehead atoms. The lowest BCUT2D eigenvalue weighted by Gasteiger charge is -2.20. The number of aromatic nitrogens is 3. The number of carbonyl (C=O) groups excluding carboxylic acids is 1. The van der Waals surface area contributed by atoms with Gasteiger partial charge in [0.1, 0.15) is 5.01 Å². The van der Waals surface area contributed by atoms with Gasteiger partial charge < -0.3 is 15.3 Å². The number of carbonyl (C=O) groups is 1. The number of amides is 1. The Labute approximate surface area is 149 Å². The molecule has 0 aliphatic heterocycles. The monoisotopic (exact) mass is 355 g/mol. The van der Waals surface area contributed by atoms with Crippen LogP contribution >= 0.6 is 11.3 Å². The molecule has 2 heterocycles. The van der Waals surface area contributed by atoms with Gasteiger partial charge in [0.05, 0.1) is 18.7 Å². The van der Waals surface area contributed by atoms with E-state index >= 15 is 0 Å². The zero-order chi connectivity index (χ0) is 17.5. The number of benzene rings is 1. The summed E-state index contributed by atoms with van der Waals surface area (Å²) < 4.78 is 0. The second-order valence-electron chi connectivity index (χ2n) is 5.16. The van der Waals surface area contributed by atoms with Crippen LogP contribution in [0.2, 0.25) is 0 Å². The van der Waals surface area contributed by atoms with Crippen molar-refractivity contribution in [2.24, 2.45) is 0 Å². The summed E-state index contributed by atoms with van der Waals surface area (Å²) in [4.78, 5) is 26.7. The first-order chi connectivity index (χ1) is 12.3. The third kappa shape index (κ3) is 4.59. The number of rotatable bonds is 7. The van der Waals surface area contributed by atoms with E-state index in [0.29, 0.717) is 18.1 Å². The highest BCUT2D eigenvalue weighted by Gasteiger charge is 2.17. The maximum absolute atomic E-state index is 12.6. The molecule has 0 fully saturated rings. The minimum atomic E-state index is -0.240. The van der Waals surface area contributed by atoms with Gasteiger partial charge in [-0.2, -0.15) is 0 Å². The average Bonchev–Trinajstić information content (AvgIpc) is 3.15. The van der Waals surface area contributed by atoms with Gasteiger partial charge >= 0.3 is 0 Å². The molecule has 1 amide bonds. The van der Waals surface area contributed by atoms with Crippen LogP contribution < -0.4 is 5.32 Å². The van der Waals surface area contributed by atoms with E-state index in [1.165, 1.54) is 28.6 Å². The smallest absolute Gasteiger partial charge is 0.257 e.